The monoisotopic (exact) mass is 193 g/mol. The minimum absolute atomic E-state index is 0.0219. The zero-order valence-corrected chi connectivity index (χ0v) is 7.49. The van der Waals surface area contributed by atoms with E-state index in [1.165, 1.54) is 18.2 Å². The largest absolute Gasteiger partial charge is 0.507 e. The number of hydrogen-bond acceptors (Lipinski definition) is 2. The molecule has 1 N–H and O–H groups in total. The molecular weight excluding hydrogens is 185 g/mol. The third kappa shape index (κ3) is 1.08. The first-order valence-electron chi connectivity index (χ1n) is 4.12. The molecule has 14 heavy (non-hydrogen) atoms. The lowest BCUT2D eigenvalue weighted by Gasteiger charge is -2.05. The van der Waals surface area contributed by atoms with Gasteiger partial charge in [-0.05, 0) is 24.6 Å². The van der Waals surface area contributed by atoms with E-state index >= 15 is 0 Å². The summed E-state index contributed by atoms with van der Waals surface area (Å²) in [5, 5.41) is 9.86. The van der Waals surface area contributed by atoms with Crippen molar-refractivity contribution in [1.82, 2.24) is 4.79 Å². The van der Waals surface area contributed by atoms with Crippen LogP contribution in [-0.4, -0.2) is 9.90 Å². The average Bonchev–Trinajstić information content (AvgIpc) is 2.14. The number of phenolic OH excluding ortho intramolecular Hbond substituents is 1. The molecule has 0 amide bonds. The van der Waals surface area contributed by atoms with E-state index in [1.54, 1.807) is 6.92 Å². The molecule has 0 bridgehead atoms. The SMILES string of the molecule is Cc1cc(=O)n(F)c2cccc(O)c12. The van der Waals surface area contributed by atoms with E-state index < -0.39 is 5.56 Å². The maximum absolute atomic E-state index is 13.3. The van der Waals surface area contributed by atoms with E-state index in [-0.39, 0.29) is 16.1 Å². The highest BCUT2D eigenvalue weighted by atomic mass is 19.2. The van der Waals surface area contributed by atoms with Crippen LogP contribution in [0.25, 0.3) is 10.9 Å². The van der Waals surface area contributed by atoms with Crippen molar-refractivity contribution in [2.24, 2.45) is 0 Å². The molecule has 4 heteroatoms. The second-order valence-electron chi connectivity index (χ2n) is 3.12. The molecule has 0 radical (unpaired) electrons. The van der Waals surface area contributed by atoms with E-state index in [0.717, 1.165) is 6.07 Å². The van der Waals surface area contributed by atoms with E-state index in [4.69, 9.17) is 0 Å². The van der Waals surface area contributed by atoms with Crippen LogP contribution in [-0.2, 0) is 0 Å². The van der Waals surface area contributed by atoms with Crippen LogP contribution in [0.2, 0.25) is 0 Å². The lowest BCUT2D eigenvalue weighted by atomic mass is 10.1. The molecule has 0 fully saturated rings. The number of phenols is 1. The van der Waals surface area contributed by atoms with Crippen LogP contribution >= 0.6 is 0 Å². The number of rotatable bonds is 0. The quantitative estimate of drug-likeness (QED) is 0.692. The number of aryl methyl sites for hydroxylation is 1. The smallest absolute Gasteiger partial charge is 0.279 e. The maximum Gasteiger partial charge on any atom is 0.279 e. The molecule has 0 saturated heterocycles. The highest BCUT2D eigenvalue weighted by Gasteiger charge is 2.08. The van der Waals surface area contributed by atoms with Crippen molar-refractivity contribution in [1.29, 1.82) is 0 Å². The van der Waals surface area contributed by atoms with Gasteiger partial charge in [0.05, 0.1) is 5.52 Å². The predicted octanol–water partition coefficient (Wildman–Crippen LogP) is 1.75. The zero-order valence-electron chi connectivity index (χ0n) is 7.49. The van der Waals surface area contributed by atoms with E-state index in [1.807, 2.05) is 0 Å². The Morgan fingerprint density at radius 1 is 1.43 bits per heavy atom. The number of nitrogens with zero attached hydrogens (tertiary/aromatic N) is 1. The molecule has 1 heterocycles. The Morgan fingerprint density at radius 2 is 2.14 bits per heavy atom. The van der Waals surface area contributed by atoms with Gasteiger partial charge in [-0.25, -0.2) is 0 Å². The van der Waals surface area contributed by atoms with E-state index in [9.17, 15) is 14.4 Å². The highest BCUT2D eigenvalue weighted by Crippen LogP contribution is 2.25. The van der Waals surface area contributed by atoms with Crippen molar-refractivity contribution >= 4 is 10.9 Å². The molecule has 2 aromatic rings. The van der Waals surface area contributed by atoms with Crippen LogP contribution in [0.1, 0.15) is 5.56 Å². The van der Waals surface area contributed by atoms with Gasteiger partial charge in [-0.1, -0.05) is 10.5 Å². The van der Waals surface area contributed by atoms with Crippen LogP contribution in [0.15, 0.2) is 29.1 Å². The number of aromatic nitrogens is 1. The Balaban J connectivity index is 3.10. The van der Waals surface area contributed by atoms with Gasteiger partial charge in [0.1, 0.15) is 5.75 Å². The van der Waals surface area contributed by atoms with Crippen molar-refractivity contribution in [3.05, 3.63) is 40.2 Å². The number of benzene rings is 1. The molecule has 0 aliphatic heterocycles. The second kappa shape index (κ2) is 2.83. The van der Waals surface area contributed by atoms with Crippen LogP contribution in [0.5, 0.6) is 5.75 Å². The first-order chi connectivity index (χ1) is 6.61. The predicted molar refractivity (Wildman–Crippen MR) is 51.1 cm³/mol. The van der Waals surface area contributed by atoms with Crippen LogP contribution in [0.3, 0.4) is 0 Å². The van der Waals surface area contributed by atoms with Gasteiger partial charge >= 0.3 is 0 Å². The summed E-state index contributed by atoms with van der Waals surface area (Å²) in [6.45, 7) is 1.66. The number of hydrogen-bond donors (Lipinski definition) is 1. The van der Waals surface area contributed by atoms with Crippen molar-refractivity contribution in [2.45, 2.75) is 6.92 Å². The van der Waals surface area contributed by atoms with Crippen LogP contribution in [0, 0.1) is 6.92 Å². The Morgan fingerprint density at radius 3 is 2.86 bits per heavy atom. The van der Waals surface area contributed by atoms with Crippen molar-refractivity contribution in [2.75, 3.05) is 0 Å². The highest BCUT2D eigenvalue weighted by molar-refractivity contribution is 5.87. The molecule has 0 saturated carbocycles. The minimum atomic E-state index is -0.722. The summed E-state index contributed by atoms with van der Waals surface area (Å²) in [6.07, 6.45) is 0. The number of halogens is 1. The van der Waals surface area contributed by atoms with Crippen molar-refractivity contribution < 1.29 is 9.59 Å². The van der Waals surface area contributed by atoms with Gasteiger partial charge in [0.25, 0.3) is 5.56 Å². The van der Waals surface area contributed by atoms with E-state index in [2.05, 4.69) is 0 Å². The van der Waals surface area contributed by atoms with Gasteiger partial charge in [0.15, 0.2) is 0 Å². The molecule has 1 aromatic carbocycles. The van der Waals surface area contributed by atoms with Crippen molar-refractivity contribution in [3.8, 4) is 5.75 Å². The summed E-state index contributed by atoms with van der Waals surface area (Å²) < 4.78 is 13.3. The van der Waals surface area contributed by atoms with Gasteiger partial charge in [-0.2, -0.15) is 0 Å². The summed E-state index contributed by atoms with van der Waals surface area (Å²) in [5.74, 6) is -0.0219. The lowest BCUT2D eigenvalue weighted by Crippen LogP contribution is -2.13. The summed E-state index contributed by atoms with van der Waals surface area (Å²) >= 11 is 0. The molecule has 72 valence electrons. The summed E-state index contributed by atoms with van der Waals surface area (Å²) in [7, 11) is 0. The van der Waals surface area contributed by atoms with Crippen LogP contribution < -0.4 is 5.56 Å². The molecule has 0 aliphatic carbocycles. The minimum Gasteiger partial charge on any atom is -0.507 e. The fraction of sp³-hybridized carbons (Fsp3) is 0.100. The van der Waals surface area contributed by atoms with Crippen molar-refractivity contribution in [3.63, 3.8) is 0 Å². The van der Waals surface area contributed by atoms with Gasteiger partial charge in [-0.15, -0.1) is 4.79 Å². The molecule has 0 atom stereocenters. The summed E-state index contributed by atoms with van der Waals surface area (Å²) in [5.41, 5.74) is -0.0624. The first kappa shape index (κ1) is 8.74. The first-order valence-corrected chi connectivity index (χ1v) is 4.12. The number of aromatic hydroxyl groups is 1. The van der Waals surface area contributed by atoms with Crippen LogP contribution in [0.4, 0.5) is 4.48 Å². The topological polar surface area (TPSA) is 42.2 Å². The fourth-order valence-corrected chi connectivity index (χ4v) is 1.53. The third-order valence-corrected chi connectivity index (χ3v) is 2.16. The van der Waals surface area contributed by atoms with Gasteiger partial charge < -0.3 is 5.11 Å². The summed E-state index contributed by atoms with van der Waals surface area (Å²) in [4.78, 5) is 11.1. The molecule has 0 aliphatic rings. The average molecular weight is 193 g/mol. The summed E-state index contributed by atoms with van der Waals surface area (Å²) in [6, 6.07) is 5.55. The van der Waals surface area contributed by atoms with Gasteiger partial charge in [0.2, 0.25) is 0 Å². The molecular formula is C10H8FNO2. The Hall–Kier alpha value is -1.84. The Bertz CT molecular complexity index is 560. The normalized spacial score (nSPS) is 10.7. The second-order valence-corrected chi connectivity index (χ2v) is 3.12. The molecule has 0 spiro atoms. The molecule has 0 unspecified atom stereocenters. The standard InChI is InChI=1S/C10H8FNO2/c1-6-5-9(14)12(11)7-3-2-4-8(13)10(6)7/h2-5,13H,1H3. The zero-order chi connectivity index (χ0) is 10.3. The molecule has 1 aromatic heterocycles. The third-order valence-electron chi connectivity index (χ3n) is 2.16. The van der Waals surface area contributed by atoms with E-state index in [0.29, 0.717) is 10.9 Å². The van der Waals surface area contributed by atoms with Gasteiger partial charge in [-0.3, -0.25) is 4.79 Å². The number of pyridine rings is 1. The Labute approximate surface area is 79.0 Å². The molecule has 2 rings (SSSR count). The molecule has 3 nitrogen and oxygen atoms in total. The maximum atomic E-state index is 13.3. The fourth-order valence-electron chi connectivity index (χ4n) is 1.53. The van der Waals surface area contributed by atoms with Gasteiger partial charge in [0, 0.05) is 11.5 Å². The number of fused-ring (bicyclic) bond motifs is 1. The lowest BCUT2D eigenvalue weighted by molar-refractivity contribution is 0.370. The Kier molecular flexibility index (Phi) is 1.77.